The number of rotatable bonds is 10. The summed E-state index contributed by atoms with van der Waals surface area (Å²) in [6.07, 6.45) is 6.05. The summed E-state index contributed by atoms with van der Waals surface area (Å²) in [6, 6.07) is -0.519. The van der Waals surface area contributed by atoms with Crippen molar-refractivity contribution in [3.63, 3.8) is 0 Å². The number of hydrogen-bond acceptors (Lipinski definition) is 9. The largest absolute Gasteiger partial charge is 0.638 e. The molecule has 1 aliphatic rings. The fraction of sp³-hybridized carbons (Fsp3) is 0.500. The van der Waals surface area contributed by atoms with Crippen molar-refractivity contribution in [2.75, 3.05) is 19.8 Å². The first-order valence-corrected chi connectivity index (χ1v) is 9.29. The van der Waals surface area contributed by atoms with Crippen LogP contribution in [0.4, 0.5) is 4.79 Å². The molecule has 2 rings (SSSR count). The van der Waals surface area contributed by atoms with Crippen molar-refractivity contribution in [2.24, 2.45) is 10.4 Å². The molecule has 1 aromatic rings. The SMILES string of the molecule is C/C=C/n1nnn(CCOP(=O)(O)OCC[N+]2=NN=[N+](/C=C/C)C2=O)c1=O. The van der Waals surface area contributed by atoms with E-state index in [2.05, 4.69) is 20.9 Å². The number of hydrogen-bond donors (Lipinski definition) is 1. The summed E-state index contributed by atoms with van der Waals surface area (Å²) in [5, 5.41) is 14.4. The number of urea groups is 1. The zero-order valence-corrected chi connectivity index (χ0v) is 15.5. The van der Waals surface area contributed by atoms with Crippen LogP contribution >= 0.6 is 7.82 Å². The van der Waals surface area contributed by atoms with Crippen molar-refractivity contribution in [1.82, 2.24) is 19.8 Å². The Balaban J connectivity index is 1.75. The minimum absolute atomic E-state index is 0.0958. The standard InChI is InChI=1S/C12H18N8O6P/c1-3-5-17-11(21)19(15-13-17)7-9-25-27(23,24)26-10-8-20-12(22)18(6-4-2)14-16-20/h3-6H,7-10H2,1-2H3/q+1/p+1/b5-3+,6-4+. The lowest BCUT2D eigenvalue weighted by Crippen LogP contribution is -2.25. The minimum atomic E-state index is -4.38. The molecule has 0 radical (unpaired) electrons. The molecule has 1 atom stereocenters. The van der Waals surface area contributed by atoms with E-state index in [9.17, 15) is 19.0 Å². The highest BCUT2D eigenvalue weighted by Gasteiger charge is 2.40. The van der Waals surface area contributed by atoms with Gasteiger partial charge in [0.1, 0.15) is 11.3 Å². The molecule has 0 bridgehead atoms. The molecule has 0 aliphatic carbocycles. The zero-order valence-electron chi connectivity index (χ0n) is 14.7. The number of tetrazole rings is 1. The van der Waals surface area contributed by atoms with Gasteiger partial charge in [-0.25, -0.2) is 9.36 Å². The molecule has 2 amide bonds. The van der Waals surface area contributed by atoms with Gasteiger partial charge in [-0.1, -0.05) is 6.08 Å². The fourth-order valence-electron chi connectivity index (χ4n) is 1.85. The topological polar surface area (TPSA) is 156 Å². The Bertz CT molecular complexity index is 913. The van der Waals surface area contributed by atoms with Crippen LogP contribution in [-0.4, -0.2) is 59.9 Å². The van der Waals surface area contributed by atoms with Crippen molar-refractivity contribution in [3.05, 3.63) is 28.8 Å². The Morgan fingerprint density at radius 3 is 2.59 bits per heavy atom. The van der Waals surface area contributed by atoms with Crippen LogP contribution < -0.4 is 5.69 Å². The van der Waals surface area contributed by atoms with E-state index < -0.39 is 19.5 Å². The van der Waals surface area contributed by atoms with E-state index in [-0.39, 0.29) is 26.3 Å². The summed E-state index contributed by atoms with van der Waals surface area (Å²) in [5.74, 6) is 0. The van der Waals surface area contributed by atoms with E-state index in [0.29, 0.717) is 0 Å². The first-order chi connectivity index (χ1) is 12.9. The van der Waals surface area contributed by atoms with Gasteiger partial charge in [-0.3, -0.25) is 9.05 Å². The lowest BCUT2D eigenvalue weighted by atomic mass is 10.6. The third-order valence-electron chi connectivity index (χ3n) is 3.02. The molecule has 27 heavy (non-hydrogen) atoms. The molecule has 1 aliphatic heterocycles. The Morgan fingerprint density at radius 1 is 1.15 bits per heavy atom. The molecule has 1 unspecified atom stereocenters. The van der Waals surface area contributed by atoms with E-state index in [4.69, 9.17) is 9.05 Å². The maximum atomic E-state index is 11.8. The van der Waals surface area contributed by atoms with E-state index >= 15 is 0 Å². The normalized spacial score (nSPS) is 16.9. The monoisotopic (exact) mass is 402 g/mol. The van der Waals surface area contributed by atoms with E-state index in [0.717, 1.165) is 18.8 Å². The molecule has 14 nitrogen and oxygen atoms in total. The Hall–Kier alpha value is -2.67. The number of carbonyl (C=O) groups excluding carboxylic acids is 1. The number of nitrogens with zero attached hydrogens (tertiary/aromatic N) is 8. The van der Waals surface area contributed by atoms with Gasteiger partial charge in [0, 0.05) is 10.9 Å². The molecule has 0 saturated carbocycles. The van der Waals surface area contributed by atoms with Crippen molar-refractivity contribution < 1.29 is 32.7 Å². The fourth-order valence-corrected chi connectivity index (χ4v) is 2.54. The molecular weight excluding hydrogens is 383 g/mol. The molecule has 0 saturated heterocycles. The summed E-state index contributed by atoms with van der Waals surface area (Å²) in [5.41, 5.74) is -0.519. The van der Waals surface area contributed by atoms with Crippen LogP contribution in [0.25, 0.3) is 6.20 Å². The number of phosphoric acid groups is 1. The predicted molar refractivity (Wildman–Crippen MR) is 87.5 cm³/mol. The van der Waals surface area contributed by atoms with Crippen molar-refractivity contribution >= 4 is 20.1 Å². The second-order valence-corrected chi connectivity index (χ2v) is 6.41. The second kappa shape index (κ2) is 9.32. The number of aromatic nitrogens is 4. The van der Waals surface area contributed by atoms with Gasteiger partial charge in [0.05, 0.1) is 13.2 Å². The van der Waals surface area contributed by atoms with Crippen LogP contribution in [0.15, 0.2) is 33.6 Å². The van der Waals surface area contributed by atoms with Gasteiger partial charge in [0.2, 0.25) is 0 Å². The summed E-state index contributed by atoms with van der Waals surface area (Å²) < 4.78 is 25.3. The van der Waals surface area contributed by atoms with Gasteiger partial charge < -0.3 is 4.89 Å². The molecule has 0 aromatic carbocycles. The summed E-state index contributed by atoms with van der Waals surface area (Å²) in [6.45, 7) is 2.62. The van der Waals surface area contributed by atoms with Crippen LogP contribution in [0, 0.1) is 0 Å². The quantitative estimate of drug-likeness (QED) is 0.440. The predicted octanol–water partition coefficient (Wildman–Crippen LogP) is 0.576. The van der Waals surface area contributed by atoms with Crippen LogP contribution in [0.5, 0.6) is 0 Å². The van der Waals surface area contributed by atoms with Gasteiger partial charge in [-0.05, 0) is 30.4 Å². The Morgan fingerprint density at radius 2 is 1.89 bits per heavy atom. The lowest BCUT2D eigenvalue weighted by molar-refractivity contribution is -0.564. The maximum absolute atomic E-state index is 11.8. The first kappa shape index (κ1) is 20.6. The number of carbonyl (C=O) groups is 1. The number of allylic oxidation sites excluding steroid dienone is 2. The highest BCUT2D eigenvalue weighted by Crippen LogP contribution is 2.42. The minimum Gasteiger partial charge on any atom is -0.302 e. The third kappa shape index (κ3) is 5.65. The highest BCUT2D eigenvalue weighted by atomic mass is 31.2. The van der Waals surface area contributed by atoms with Gasteiger partial charge in [-0.15, -0.1) is 0 Å². The molecular formula is C12H19N8O6P+2. The molecule has 0 fully saturated rings. The Labute approximate surface area is 152 Å². The van der Waals surface area contributed by atoms with E-state index in [1.54, 1.807) is 26.0 Å². The Kier molecular flexibility index (Phi) is 7.12. The van der Waals surface area contributed by atoms with E-state index in [1.807, 2.05) is 0 Å². The van der Waals surface area contributed by atoms with Crippen molar-refractivity contribution in [1.29, 1.82) is 0 Å². The van der Waals surface area contributed by atoms with Crippen molar-refractivity contribution in [3.8, 4) is 0 Å². The van der Waals surface area contributed by atoms with Crippen molar-refractivity contribution in [2.45, 2.75) is 20.4 Å². The van der Waals surface area contributed by atoms with Crippen LogP contribution in [0.2, 0.25) is 0 Å². The molecule has 0 spiro atoms. The summed E-state index contributed by atoms with van der Waals surface area (Å²) in [4.78, 5) is 33.2. The van der Waals surface area contributed by atoms with E-state index in [1.165, 1.54) is 12.4 Å². The average molecular weight is 402 g/mol. The maximum Gasteiger partial charge on any atom is 0.638 e. The number of phosphoric ester groups is 1. The smallest absolute Gasteiger partial charge is 0.302 e. The zero-order chi connectivity index (χ0) is 19.9. The molecule has 1 N–H and O–H groups in total. The second-order valence-electron chi connectivity index (χ2n) is 4.96. The summed E-state index contributed by atoms with van der Waals surface area (Å²) >= 11 is 0. The first-order valence-electron chi connectivity index (χ1n) is 7.80. The third-order valence-corrected chi connectivity index (χ3v) is 4.04. The average Bonchev–Trinajstić information content (AvgIpc) is 3.13. The van der Waals surface area contributed by atoms with Crippen LogP contribution in [-0.2, 0) is 20.2 Å². The molecule has 2 heterocycles. The molecule has 146 valence electrons. The lowest BCUT2D eigenvalue weighted by Gasteiger charge is -2.10. The van der Waals surface area contributed by atoms with Gasteiger partial charge >= 0.3 is 24.8 Å². The highest BCUT2D eigenvalue weighted by molar-refractivity contribution is 7.47. The molecule has 1 aromatic heterocycles. The van der Waals surface area contributed by atoms with Gasteiger partial charge in [0.15, 0.2) is 12.7 Å². The van der Waals surface area contributed by atoms with Crippen LogP contribution in [0.3, 0.4) is 0 Å². The van der Waals surface area contributed by atoms with Gasteiger partial charge in [0.25, 0.3) is 5.22 Å². The molecule has 15 heteroatoms. The van der Waals surface area contributed by atoms with Crippen LogP contribution in [0.1, 0.15) is 13.8 Å². The number of amides is 2. The van der Waals surface area contributed by atoms with Gasteiger partial charge in [-0.2, -0.15) is 14.2 Å². The summed E-state index contributed by atoms with van der Waals surface area (Å²) in [7, 11) is -4.38.